The maximum Gasteiger partial charge on any atom is 0.511 e. The SMILES string of the molecule is CCNC(=NCc1ccc(COC)cc1)NC1CCN(S(=O)(=O)C(F)(F)F)CC1. The van der Waals surface area contributed by atoms with E-state index < -0.39 is 15.5 Å². The van der Waals surface area contributed by atoms with E-state index in [-0.39, 0.29) is 32.0 Å². The fourth-order valence-corrected chi connectivity index (χ4v) is 3.96. The van der Waals surface area contributed by atoms with E-state index in [1.165, 1.54) is 0 Å². The molecular formula is C18H27F3N4O3S. The van der Waals surface area contributed by atoms with E-state index in [2.05, 4.69) is 15.6 Å². The van der Waals surface area contributed by atoms with Gasteiger partial charge in [-0.15, -0.1) is 0 Å². The van der Waals surface area contributed by atoms with E-state index in [1.54, 1.807) is 7.11 Å². The van der Waals surface area contributed by atoms with Crippen molar-refractivity contribution in [3.05, 3.63) is 35.4 Å². The van der Waals surface area contributed by atoms with Crippen LogP contribution in [-0.4, -0.2) is 57.0 Å². The highest BCUT2D eigenvalue weighted by molar-refractivity contribution is 7.90. The minimum atomic E-state index is -5.26. The molecule has 0 spiro atoms. The third kappa shape index (κ3) is 6.58. The summed E-state index contributed by atoms with van der Waals surface area (Å²) in [5, 5.41) is 6.29. The number of aliphatic imine (C=N–C) groups is 1. The molecular weight excluding hydrogens is 409 g/mol. The highest BCUT2D eigenvalue weighted by Crippen LogP contribution is 2.28. The number of guanidine groups is 1. The van der Waals surface area contributed by atoms with Gasteiger partial charge in [-0.1, -0.05) is 24.3 Å². The molecule has 0 atom stereocenters. The molecule has 1 heterocycles. The van der Waals surface area contributed by atoms with E-state index in [9.17, 15) is 21.6 Å². The van der Waals surface area contributed by atoms with Crippen molar-refractivity contribution in [2.24, 2.45) is 4.99 Å². The predicted molar refractivity (Wildman–Crippen MR) is 105 cm³/mol. The fraction of sp³-hybridized carbons (Fsp3) is 0.611. The molecule has 29 heavy (non-hydrogen) atoms. The summed E-state index contributed by atoms with van der Waals surface area (Å²) in [6.07, 6.45) is 0.539. The Morgan fingerprint density at radius 1 is 1.21 bits per heavy atom. The smallest absolute Gasteiger partial charge is 0.380 e. The Hall–Kier alpha value is -1.85. The summed E-state index contributed by atoms with van der Waals surface area (Å²) in [5.41, 5.74) is -3.19. The van der Waals surface area contributed by atoms with E-state index >= 15 is 0 Å². The average molecular weight is 437 g/mol. The standard InChI is InChI=1S/C18H27F3N4O3S/c1-3-22-17(23-12-14-4-6-15(7-5-14)13-28-2)24-16-8-10-25(11-9-16)29(26,27)18(19,20)21/h4-7,16H,3,8-13H2,1-2H3,(H2,22,23,24). The molecule has 0 aromatic heterocycles. The van der Waals surface area contributed by atoms with Crippen molar-refractivity contribution in [2.45, 2.75) is 44.5 Å². The summed E-state index contributed by atoms with van der Waals surface area (Å²) in [7, 11) is -3.63. The molecule has 11 heteroatoms. The molecule has 1 aliphatic heterocycles. The molecule has 164 valence electrons. The molecule has 7 nitrogen and oxygen atoms in total. The maximum atomic E-state index is 12.7. The molecule has 1 aliphatic rings. The number of nitrogens with one attached hydrogen (secondary N) is 2. The minimum Gasteiger partial charge on any atom is -0.380 e. The van der Waals surface area contributed by atoms with Crippen molar-refractivity contribution < 1.29 is 26.3 Å². The zero-order valence-corrected chi connectivity index (χ0v) is 17.3. The lowest BCUT2D eigenvalue weighted by molar-refractivity contribution is -0.0494. The molecule has 1 saturated heterocycles. The Balaban J connectivity index is 1.93. The Morgan fingerprint density at radius 3 is 2.31 bits per heavy atom. The van der Waals surface area contributed by atoms with Gasteiger partial charge in [0.2, 0.25) is 0 Å². The van der Waals surface area contributed by atoms with Crippen molar-refractivity contribution in [1.82, 2.24) is 14.9 Å². The lowest BCUT2D eigenvalue weighted by atomic mass is 10.1. The quantitative estimate of drug-likeness (QED) is 0.506. The monoisotopic (exact) mass is 436 g/mol. The second-order valence-corrected chi connectivity index (χ2v) is 8.64. The molecule has 1 fully saturated rings. The zero-order valence-electron chi connectivity index (χ0n) is 16.5. The Kier molecular flexibility index (Phi) is 8.29. The van der Waals surface area contributed by atoms with Gasteiger partial charge in [-0.05, 0) is 30.9 Å². The Morgan fingerprint density at radius 2 is 1.79 bits per heavy atom. The highest BCUT2D eigenvalue weighted by Gasteiger charge is 2.50. The second-order valence-electron chi connectivity index (χ2n) is 6.71. The summed E-state index contributed by atoms with van der Waals surface area (Å²) in [6, 6.07) is 7.69. The van der Waals surface area contributed by atoms with E-state index in [0.717, 1.165) is 11.1 Å². The highest BCUT2D eigenvalue weighted by atomic mass is 32.2. The third-order valence-corrected chi connectivity index (χ3v) is 6.16. The van der Waals surface area contributed by atoms with Gasteiger partial charge in [-0.25, -0.2) is 13.4 Å². The zero-order chi connectivity index (χ0) is 21.5. The first-order valence-corrected chi connectivity index (χ1v) is 10.8. The van der Waals surface area contributed by atoms with Crippen LogP contribution in [-0.2, 0) is 27.9 Å². The number of hydrogen-bond donors (Lipinski definition) is 2. The van der Waals surface area contributed by atoms with E-state index in [1.807, 2.05) is 31.2 Å². The van der Waals surface area contributed by atoms with Gasteiger partial charge >= 0.3 is 15.5 Å². The largest absolute Gasteiger partial charge is 0.511 e. The first-order valence-electron chi connectivity index (χ1n) is 9.35. The van der Waals surface area contributed by atoms with Crippen LogP contribution < -0.4 is 10.6 Å². The molecule has 2 N–H and O–H groups in total. The molecule has 0 radical (unpaired) electrons. The number of alkyl halides is 3. The van der Waals surface area contributed by atoms with Crippen molar-refractivity contribution in [1.29, 1.82) is 0 Å². The number of rotatable bonds is 7. The number of benzene rings is 1. The number of hydrogen-bond acceptors (Lipinski definition) is 4. The van der Waals surface area contributed by atoms with Gasteiger partial charge in [0.05, 0.1) is 13.2 Å². The van der Waals surface area contributed by atoms with E-state index in [0.29, 0.717) is 30.0 Å². The molecule has 0 aliphatic carbocycles. The number of nitrogens with zero attached hydrogens (tertiary/aromatic N) is 2. The molecule has 0 saturated carbocycles. The number of piperidine rings is 1. The molecule has 0 unspecified atom stereocenters. The van der Waals surface area contributed by atoms with Gasteiger partial charge in [0.1, 0.15) is 0 Å². The van der Waals surface area contributed by atoms with Gasteiger partial charge in [-0.2, -0.15) is 17.5 Å². The maximum absolute atomic E-state index is 12.7. The predicted octanol–water partition coefficient (Wildman–Crippen LogP) is 2.20. The Bertz CT molecular complexity index is 775. The molecule has 0 amide bonds. The second kappa shape index (κ2) is 10.3. The Labute approximate surface area is 169 Å². The molecule has 1 aromatic carbocycles. The van der Waals surface area contributed by atoms with Crippen LogP contribution in [0.3, 0.4) is 0 Å². The van der Waals surface area contributed by atoms with Crippen molar-refractivity contribution in [3.63, 3.8) is 0 Å². The molecule has 0 bridgehead atoms. The van der Waals surface area contributed by atoms with Gasteiger partial charge in [0.25, 0.3) is 0 Å². The van der Waals surface area contributed by atoms with Crippen LogP contribution in [0.1, 0.15) is 30.9 Å². The minimum absolute atomic E-state index is 0.156. The average Bonchev–Trinajstić information content (AvgIpc) is 2.67. The summed E-state index contributed by atoms with van der Waals surface area (Å²) in [5.74, 6) is 0.547. The summed E-state index contributed by atoms with van der Waals surface area (Å²) < 4.78 is 66.6. The third-order valence-electron chi connectivity index (χ3n) is 4.53. The number of ether oxygens (including phenoxy) is 1. The van der Waals surface area contributed by atoms with Gasteiger partial charge in [0, 0.05) is 32.8 Å². The molecule has 2 rings (SSSR count). The van der Waals surface area contributed by atoms with Crippen molar-refractivity contribution in [3.8, 4) is 0 Å². The van der Waals surface area contributed by atoms with Crippen LogP contribution >= 0.6 is 0 Å². The normalized spacial score (nSPS) is 17.3. The van der Waals surface area contributed by atoms with Crippen molar-refractivity contribution in [2.75, 3.05) is 26.7 Å². The van der Waals surface area contributed by atoms with Crippen LogP contribution in [0.25, 0.3) is 0 Å². The number of sulfonamides is 1. The van der Waals surface area contributed by atoms with Crippen LogP contribution in [0.4, 0.5) is 13.2 Å². The summed E-state index contributed by atoms with van der Waals surface area (Å²) in [4.78, 5) is 4.51. The van der Waals surface area contributed by atoms with Gasteiger partial charge < -0.3 is 15.4 Å². The lowest BCUT2D eigenvalue weighted by Crippen LogP contribution is -2.51. The van der Waals surface area contributed by atoms with Crippen LogP contribution in [0.5, 0.6) is 0 Å². The van der Waals surface area contributed by atoms with Crippen LogP contribution in [0.2, 0.25) is 0 Å². The number of halogens is 3. The van der Waals surface area contributed by atoms with Gasteiger partial charge in [0.15, 0.2) is 5.96 Å². The lowest BCUT2D eigenvalue weighted by Gasteiger charge is -2.32. The van der Waals surface area contributed by atoms with Crippen molar-refractivity contribution >= 4 is 16.0 Å². The van der Waals surface area contributed by atoms with E-state index in [4.69, 9.17) is 4.74 Å². The summed E-state index contributed by atoms with van der Waals surface area (Å²) in [6.45, 7) is 3.15. The molecule has 1 aromatic rings. The topological polar surface area (TPSA) is 83.0 Å². The van der Waals surface area contributed by atoms with Crippen LogP contribution in [0.15, 0.2) is 29.3 Å². The summed E-state index contributed by atoms with van der Waals surface area (Å²) >= 11 is 0. The fourth-order valence-electron chi connectivity index (χ4n) is 2.98. The number of methoxy groups -OCH3 is 1. The first-order chi connectivity index (χ1) is 13.7. The van der Waals surface area contributed by atoms with Gasteiger partial charge in [-0.3, -0.25) is 0 Å². The van der Waals surface area contributed by atoms with Crippen LogP contribution in [0, 0.1) is 0 Å². The first kappa shape index (κ1) is 23.4.